The van der Waals surface area contributed by atoms with Gasteiger partial charge in [-0.15, -0.1) is 0 Å². The van der Waals surface area contributed by atoms with Gasteiger partial charge in [-0.2, -0.15) is 0 Å². The van der Waals surface area contributed by atoms with Crippen molar-refractivity contribution in [1.29, 1.82) is 0 Å². The van der Waals surface area contributed by atoms with Crippen LogP contribution in [0.25, 0.3) is 11.0 Å². The van der Waals surface area contributed by atoms with E-state index in [9.17, 15) is 4.79 Å². The lowest BCUT2D eigenvalue weighted by atomic mass is 10.0. The number of rotatable bonds is 3. The number of hydrogen-bond acceptors (Lipinski definition) is 2. The molecule has 0 saturated heterocycles. The van der Waals surface area contributed by atoms with Crippen LogP contribution in [0.15, 0.2) is 27.4 Å². The lowest BCUT2D eigenvalue weighted by Crippen LogP contribution is -2.88. The number of quaternary nitrogens is 1. The topological polar surface area (TPSA) is 46.8 Å². The zero-order valence-corrected chi connectivity index (χ0v) is 13.7. The highest BCUT2D eigenvalue weighted by molar-refractivity contribution is 5.83. The molecule has 1 heterocycles. The van der Waals surface area contributed by atoms with E-state index in [0.717, 1.165) is 28.6 Å². The second-order valence-electron chi connectivity index (χ2n) is 6.67. The van der Waals surface area contributed by atoms with Crippen molar-refractivity contribution in [2.75, 3.05) is 0 Å². The summed E-state index contributed by atoms with van der Waals surface area (Å²) in [5.74, 6) is 0. The van der Waals surface area contributed by atoms with Gasteiger partial charge in [0.25, 0.3) is 0 Å². The van der Waals surface area contributed by atoms with E-state index in [0.29, 0.717) is 6.04 Å². The zero-order valence-electron chi connectivity index (χ0n) is 13.7. The van der Waals surface area contributed by atoms with Crippen LogP contribution in [0.3, 0.4) is 0 Å². The maximum atomic E-state index is 11.9. The van der Waals surface area contributed by atoms with E-state index in [1.807, 2.05) is 6.92 Å². The summed E-state index contributed by atoms with van der Waals surface area (Å²) in [5, 5.41) is 3.52. The third-order valence-corrected chi connectivity index (χ3v) is 5.09. The Balaban J connectivity index is 1.87. The summed E-state index contributed by atoms with van der Waals surface area (Å²) in [6.07, 6.45) is 8.05. The van der Waals surface area contributed by atoms with Crippen LogP contribution in [0.5, 0.6) is 0 Å². The molecular weight excluding hydrogens is 274 g/mol. The van der Waals surface area contributed by atoms with Crippen molar-refractivity contribution in [3.8, 4) is 0 Å². The molecule has 0 unspecified atom stereocenters. The Morgan fingerprint density at radius 1 is 1.14 bits per heavy atom. The summed E-state index contributed by atoms with van der Waals surface area (Å²) in [6, 6.07) is 6.59. The average molecular weight is 300 g/mol. The normalized spacial score (nSPS) is 16.8. The summed E-state index contributed by atoms with van der Waals surface area (Å²) in [7, 11) is 0. The molecule has 1 aliphatic rings. The van der Waals surface area contributed by atoms with Gasteiger partial charge in [0.1, 0.15) is 12.1 Å². The third kappa shape index (κ3) is 3.25. The second kappa shape index (κ2) is 6.66. The Kier molecular flexibility index (Phi) is 4.63. The summed E-state index contributed by atoms with van der Waals surface area (Å²) < 4.78 is 5.46. The number of aryl methyl sites for hydroxylation is 2. The average Bonchev–Trinajstić information content (AvgIpc) is 2.78. The third-order valence-electron chi connectivity index (χ3n) is 5.09. The Morgan fingerprint density at radius 3 is 2.59 bits per heavy atom. The van der Waals surface area contributed by atoms with Gasteiger partial charge in [-0.3, -0.25) is 0 Å². The van der Waals surface area contributed by atoms with E-state index >= 15 is 0 Å². The minimum Gasteiger partial charge on any atom is -0.422 e. The standard InChI is InChI=1S/C19H25NO2/c1-13-9-10-17-15(11-18(21)22-19(17)14(13)2)12-20-16-7-5-3-4-6-8-16/h9-11,16,20H,3-8,12H2,1-2H3/p+1. The molecule has 1 aliphatic carbocycles. The van der Waals surface area contributed by atoms with E-state index in [-0.39, 0.29) is 5.63 Å². The first kappa shape index (κ1) is 15.3. The fraction of sp³-hybridized carbons (Fsp3) is 0.526. The van der Waals surface area contributed by atoms with Gasteiger partial charge in [0, 0.05) is 17.0 Å². The minimum atomic E-state index is -0.231. The lowest BCUT2D eigenvalue weighted by molar-refractivity contribution is -0.705. The van der Waals surface area contributed by atoms with Crippen LogP contribution in [0, 0.1) is 13.8 Å². The maximum Gasteiger partial charge on any atom is 0.336 e. The molecule has 0 bridgehead atoms. The fourth-order valence-corrected chi connectivity index (χ4v) is 3.53. The maximum absolute atomic E-state index is 11.9. The summed E-state index contributed by atoms with van der Waals surface area (Å²) in [6.45, 7) is 4.95. The quantitative estimate of drug-likeness (QED) is 0.699. The molecule has 3 nitrogen and oxygen atoms in total. The Labute approximate surface area is 131 Å². The highest BCUT2D eigenvalue weighted by atomic mass is 16.4. The van der Waals surface area contributed by atoms with Gasteiger partial charge in [0.05, 0.1) is 6.04 Å². The van der Waals surface area contributed by atoms with Gasteiger partial charge >= 0.3 is 5.63 Å². The Hall–Kier alpha value is -1.61. The van der Waals surface area contributed by atoms with Crippen molar-refractivity contribution in [2.45, 2.75) is 65.0 Å². The molecule has 1 fully saturated rings. The van der Waals surface area contributed by atoms with Crippen LogP contribution in [0.4, 0.5) is 0 Å². The smallest absolute Gasteiger partial charge is 0.336 e. The zero-order chi connectivity index (χ0) is 15.5. The van der Waals surface area contributed by atoms with Gasteiger partial charge < -0.3 is 9.73 Å². The van der Waals surface area contributed by atoms with Gasteiger partial charge in [0.15, 0.2) is 0 Å². The summed E-state index contributed by atoms with van der Waals surface area (Å²) >= 11 is 0. The summed E-state index contributed by atoms with van der Waals surface area (Å²) in [4.78, 5) is 11.9. The van der Waals surface area contributed by atoms with Crippen molar-refractivity contribution in [3.05, 3.63) is 45.3 Å². The summed E-state index contributed by atoms with van der Waals surface area (Å²) in [5.41, 5.74) is 3.88. The molecule has 22 heavy (non-hydrogen) atoms. The molecule has 1 saturated carbocycles. The second-order valence-corrected chi connectivity index (χ2v) is 6.67. The number of fused-ring (bicyclic) bond motifs is 1. The SMILES string of the molecule is Cc1ccc2c(C[NH2+]C3CCCCCC3)cc(=O)oc2c1C. The molecule has 2 aromatic rings. The van der Waals surface area contributed by atoms with Crippen molar-refractivity contribution in [2.24, 2.45) is 0 Å². The first-order valence-corrected chi connectivity index (χ1v) is 8.51. The van der Waals surface area contributed by atoms with E-state index in [2.05, 4.69) is 24.4 Å². The molecule has 2 N–H and O–H groups in total. The highest BCUT2D eigenvalue weighted by Crippen LogP contribution is 2.23. The van der Waals surface area contributed by atoms with Crippen molar-refractivity contribution >= 4 is 11.0 Å². The van der Waals surface area contributed by atoms with Crippen molar-refractivity contribution < 1.29 is 9.73 Å². The van der Waals surface area contributed by atoms with Crippen LogP contribution >= 0.6 is 0 Å². The molecule has 1 aromatic carbocycles. The van der Waals surface area contributed by atoms with Gasteiger partial charge in [0.2, 0.25) is 0 Å². The first-order valence-electron chi connectivity index (χ1n) is 8.51. The van der Waals surface area contributed by atoms with E-state index < -0.39 is 0 Å². The van der Waals surface area contributed by atoms with E-state index in [1.165, 1.54) is 44.1 Å². The van der Waals surface area contributed by atoms with Crippen LogP contribution in [-0.2, 0) is 6.54 Å². The monoisotopic (exact) mass is 300 g/mol. The van der Waals surface area contributed by atoms with Gasteiger partial charge in [-0.25, -0.2) is 4.79 Å². The molecule has 3 heteroatoms. The predicted molar refractivity (Wildman–Crippen MR) is 89.1 cm³/mol. The molecule has 0 radical (unpaired) electrons. The molecule has 1 aromatic heterocycles. The van der Waals surface area contributed by atoms with Crippen LogP contribution in [0.2, 0.25) is 0 Å². The van der Waals surface area contributed by atoms with Gasteiger partial charge in [-0.1, -0.05) is 25.0 Å². The molecular formula is C19H26NO2+. The minimum absolute atomic E-state index is 0.231. The number of hydrogen-bond donors (Lipinski definition) is 1. The van der Waals surface area contributed by atoms with Gasteiger partial charge in [-0.05, 0) is 50.7 Å². The molecule has 0 aliphatic heterocycles. The largest absolute Gasteiger partial charge is 0.422 e. The molecule has 0 spiro atoms. The first-order chi connectivity index (χ1) is 10.6. The van der Waals surface area contributed by atoms with E-state index in [1.54, 1.807) is 6.07 Å². The van der Waals surface area contributed by atoms with Crippen LogP contribution in [-0.4, -0.2) is 6.04 Å². The molecule has 3 rings (SSSR count). The Morgan fingerprint density at radius 2 is 1.86 bits per heavy atom. The Bertz CT molecular complexity index is 709. The molecule has 0 atom stereocenters. The lowest BCUT2D eigenvalue weighted by Gasteiger charge is -2.14. The van der Waals surface area contributed by atoms with Crippen LogP contribution in [0.1, 0.15) is 55.2 Å². The highest BCUT2D eigenvalue weighted by Gasteiger charge is 2.16. The van der Waals surface area contributed by atoms with Crippen molar-refractivity contribution in [3.63, 3.8) is 0 Å². The number of benzene rings is 1. The van der Waals surface area contributed by atoms with E-state index in [4.69, 9.17) is 4.42 Å². The number of nitrogens with two attached hydrogens (primary N) is 1. The van der Waals surface area contributed by atoms with Crippen molar-refractivity contribution in [1.82, 2.24) is 0 Å². The molecule has 118 valence electrons. The van der Waals surface area contributed by atoms with Crippen LogP contribution < -0.4 is 10.9 Å². The molecule has 0 amide bonds. The fourth-order valence-electron chi connectivity index (χ4n) is 3.53. The predicted octanol–water partition coefficient (Wildman–Crippen LogP) is 3.20.